The van der Waals surface area contributed by atoms with Crippen LogP contribution in [0.1, 0.15) is 6.42 Å². The van der Waals surface area contributed by atoms with Gasteiger partial charge in [-0.25, -0.2) is 4.39 Å². The smallest absolute Gasteiger partial charge is 0.231 e. The molecule has 0 radical (unpaired) electrons. The lowest BCUT2D eigenvalue weighted by atomic mass is 10.2. The molecule has 4 nitrogen and oxygen atoms in total. The highest BCUT2D eigenvalue weighted by atomic mass is 19.1. The first kappa shape index (κ1) is 9.72. The second kappa shape index (κ2) is 3.83. The molecule has 0 saturated carbocycles. The summed E-state index contributed by atoms with van der Waals surface area (Å²) in [5.41, 5.74) is 0. The standard InChI is InChI=1S/C11H12FNO3/c12-8-3-10-11(15-6-14-10)4-9(8)16-7-1-2-13-5-7/h3-4,7,13H,1-2,5-6H2. The molecule has 1 N–H and O–H groups in total. The van der Waals surface area contributed by atoms with Gasteiger partial charge in [0.2, 0.25) is 6.79 Å². The summed E-state index contributed by atoms with van der Waals surface area (Å²) < 4.78 is 29.4. The van der Waals surface area contributed by atoms with E-state index >= 15 is 0 Å². The Bertz CT molecular complexity index is 404. The molecule has 0 spiro atoms. The molecule has 5 heteroatoms. The molecule has 2 heterocycles. The largest absolute Gasteiger partial charge is 0.486 e. The Kier molecular flexibility index (Phi) is 2.32. The van der Waals surface area contributed by atoms with E-state index < -0.39 is 5.82 Å². The summed E-state index contributed by atoms with van der Waals surface area (Å²) in [6, 6.07) is 2.86. The van der Waals surface area contributed by atoms with Crippen LogP contribution >= 0.6 is 0 Å². The molecule has 0 aromatic heterocycles. The first-order valence-electron chi connectivity index (χ1n) is 5.29. The second-order valence-electron chi connectivity index (χ2n) is 3.87. The zero-order valence-corrected chi connectivity index (χ0v) is 8.66. The van der Waals surface area contributed by atoms with E-state index in [2.05, 4.69) is 5.32 Å². The number of rotatable bonds is 2. The maximum Gasteiger partial charge on any atom is 0.231 e. The number of hydrogen-bond donors (Lipinski definition) is 1. The molecular formula is C11H12FNO3. The number of halogens is 1. The van der Waals surface area contributed by atoms with Crippen LogP contribution in [0.25, 0.3) is 0 Å². The van der Waals surface area contributed by atoms with Crippen molar-refractivity contribution in [2.45, 2.75) is 12.5 Å². The Morgan fingerprint density at radius 2 is 2.12 bits per heavy atom. The van der Waals surface area contributed by atoms with Crippen molar-refractivity contribution in [3.8, 4) is 17.2 Å². The van der Waals surface area contributed by atoms with Crippen LogP contribution in [0.5, 0.6) is 17.2 Å². The van der Waals surface area contributed by atoms with Gasteiger partial charge in [-0.1, -0.05) is 0 Å². The van der Waals surface area contributed by atoms with Crippen molar-refractivity contribution in [3.05, 3.63) is 17.9 Å². The Labute approximate surface area is 92.3 Å². The van der Waals surface area contributed by atoms with Crippen molar-refractivity contribution in [3.63, 3.8) is 0 Å². The summed E-state index contributed by atoms with van der Waals surface area (Å²) in [5.74, 6) is 0.811. The SMILES string of the molecule is Fc1cc2c(cc1OC1CCNC1)OCO2. The van der Waals surface area contributed by atoms with Gasteiger partial charge in [-0.3, -0.25) is 0 Å². The summed E-state index contributed by atoms with van der Waals surface area (Å²) in [5, 5.41) is 3.16. The molecule has 1 atom stereocenters. The molecule has 2 aliphatic heterocycles. The average Bonchev–Trinajstić information content (AvgIpc) is 2.89. The monoisotopic (exact) mass is 225 g/mol. The van der Waals surface area contributed by atoms with Gasteiger partial charge >= 0.3 is 0 Å². The third-order valence-corrected chi connectivity index (χ3v) is 2.74. The summed E-state index contributed by atoms with van der Waals surface area (Å²) in [7, 11) is 0. The number of benzene rings is 1. The van der Waals surface area contributed by atoms with E-state index in [1.54, 1.807) is 6.07 Å². The molecule has 0 amide bonds. The van der Waals surface area contributed by atoms with Crippen LogP contribution in [0.2, 0.25) is 0 Å². The van der Waals surface area contributed by atoms with E-state index in [1.807, 2.05) is 0 Å². The maximum absolute atomic E-state index is 13.6. The third-order valence-electron chi connectivity index (χ3n) is 2.74. The maximum atomic E-state index is 13.6. The van der Waals surface area contributed by atoms with E-state index in [0.717, 1.165) is 19.5 Å². The second-order valence-corrected chi connectivity index (χ2v) is 3.87. The molecule has 0 bridgehead atoms. The van der Waals surface area contributed by atoms with Gasteiger partial charge in [-0.2, -0.15) is 0 Å². The van der Waals surface area contributed by atoms with E-state index in [1.165, 1.54) is 6.07 Å². The van der Waals surface area contributed by atoms with E-state index in [0.29, 0.717) is 11.5 Å². The highest BCUT2D eigenvalue weighted by molar-refractivity contribution is 5.47. The number of ether oxygens (including phenoxy) is 3. The average molecular weight is 225 g/mol. The fraction of sp³-hybridized carbons (Fsp3) is 0.455. The lowest BCUT2D eigenvalue weighted by molar-refractivity contribution is 0.173. The van der Waals surface area contributed by atoms with Crippen molar-refractivity contribution in [2.75, 3.05) is 19.9 Å². The van der Waals surface area contributed by atoms with Crippen LogP contribution in [0.4, 0.5) is 4.39 Å². The highest BCUT2D eigenvalue weighted by Gasteiger charge is 2.22. The predicted octanol–water partition coefficient (Wildman–Crippen LogP) is 1.30. The highest BCUT2D eigenvalue weighted by Crippen LogP contribution is 2.37. The minimum atomic E-state index is -0.406. The lowest BCUT2D eigenvalue weighted by Crippen LogP contribution is -2.20. The summed E-state index contributed by atoms with van der Waals surface area (Å²) >= 11 is 0. The van der Waals surface area contributed by atoms with E-state index in [9.17, 15) is 4.39 Å². The Morgan fingerprint density at radius 1 is 1.31 bits per heavy atom. The molecule has 1 fully saturated rings. The summed E-state index contributed by atoms with van der Waals surface area (Å²) in [6.45, 7) is 1.81. The Balaban J connectivity index is 1.83. The number of hydrogen-bond acceptors (Lipinski definition) is 4. The van der Waals surface area contributed by atoms with Gasteiger partial charge in [-0.15, -0.1) is 0 Å². The third kappa shape index (κ3) is 1.67. The first-order valence-corrected chi connectivity index (χ1v) is 5.29. The van der Waals surface area contributed by atoms with Gasteiger partial charge in [0.05, 0.1) is 0 Å². The van der Waals surface area contributed by atoms with Gasteiger partial charge in [0.15, 0.2) is 23.1 Å². The lowest BCUT2D eigenvalue weighted by Gasteiger charge is -2.13. The zero-order valence-electron chi connectivity index (χ0n) is 8.66. The zero-order chi connectivity index (χ0) is 11.0. The van der Waals surface area contributed by atoms with E-state index in [-0.39, 0.29) is 18.6 Å². The quantitative estimate of drug-likeness (QED) is 0.823. The van der Waals surface area contributed by atoms with Crippen LogP contribution in [0.15, 0.2) is 12.1 Å². The molecule has 1 aromatic carbocycles. The van der Waals surface area contributed by atoms with Crippen LogP contribution in [0, 0.1) is 5.82 Å². The molecule has 0 aliphatic carbocycles. The Hall–Kier alpha value is -1.49. The minimum Gasteiger partial charge on any atom is -0.486 e. The normalized spacial score (nSPS) is 22.4. The van der Waals surface area contributed by atoms with Gasteiger partial charge < -0.3 is 19.5 Å². The summed E-state index contributed by atoms with van der Waals surface area (Å²) in [6.07, 6.45) is 0.934. The Morgan fingerprint density at radius 3 is 2.88 bits per heavy atom. The van der Waals surface area contributed by atoms with Gasteiger partial charge in [-0.05, 0) is 13.0 Å². The molecule has 16 heavy (non-hydrogen) atoms. The van der Waals surface area contributed by atoms with Crippen molar-refractivity contribution >= 4 is 0 Å². The topological polar surface area (TPSA) is 39.7 Å². The molecule has 3 rings (SSSR count). The van der Waals surface area contributed by atoms with Crippen LogP contribution in [0.3, 0.4) is 0 Å². The van der Waals surface area contributed by atoms with Gasteiger partial charge in [0.25, 0.3) is 0 Å². The molecule has 1 aromatic rings. The molecule has 2 aliphatic rings. The summed E-state index contributed by atoms with van der Waals surface area (Å²) in [4.78, 5) is 0. The minimum absolute atomic E-state index is 0.0369. The van der Waals surface area contributed by atoms with Gasteiger partial charge in [0.1, 0.15) is 6.10 Å². The number of fused-ring (bicyclic) bond motifs is 1. The van der Waals surface area contributed by atoms with Crippen LogP contribution < -0.4 is 19.5 Å². The van der Waals surface area contributed by atoms with Gasteiger partial charge in [0, 0.05) is 18.7 Å². The first-order chi connectivity index (χ1) is 7.83. The molecule has 86 valence electrons. The molecule has 1 saturated heterocycles. The van der Waals surface area contributed by atoms with Crippen molar-refractivity contribution in [1.82, 2.24) is 5.32 Å². The molecule has 1 unspecified atom stereocenters. The van der Waals surface area contributed by atoms with Crippen molar-refractivity contribution in [1.29, 1.82) is 0 Å². The molecular weight excluding hydrogens is 213 g/mol. The fourth-order valence-corrected chi connectivity index (χ4v) is 1.90. The van der Waals surface area contributed by atoms with Crippen molar-refractivity contribution < 1.29 is 18.6 Å². The van der Waals surface area contributed by atoms with Crippen LogP contribution in [-0.4, -0.2) is 26.0 Å². The van der Waals surface area contributed by atoms with E-state index in [4.69, 9.17) is 14.2 Å². The predicted molar refractivity (Wildman–Crippen MR) is 54.4 cm³/mol. The van der Waals surface area contributed by atoms with Crippen LogP contribution in [-0.2, 0) is 0 Å². The number of nitrogens with one attached hydrogen (secondary N) is 1. The fourth-order valence-electron chi connectivity index (χ4n) is 1.90. The van der Waals surface area contributed by atoms with Crippen molar-refractivity contribution in [2.24, 2.45) is 0 Å².